The Hall–Kier alpha value is -2.00. The Bertz CT molecular complexity index is 630. The van der Waals surface area contributed by atoms with Crippen molar-refractivity contribution in [1.82, 2.24) is 5.32 Å². The highest BCUT2D eigenvalue weighted by Gasteiger charge is 2.18. The molecule has 1 saturated heterocycles. The van der Waals surface area contributed by atoms with E-state index in [0.717, 1.165) is 45.7 Å². The van der Waals surface area contributed by atoms with Crippen molar-refractivity contribution < 1.29 is 0 Å². The molecule has 0 aromatic heterocycles. The Labute approximate surface area is 132 Å². The topological polar surface area (TPSA) is 18.5 Å². The molecule has 1 N–H and O–H groups in total. The highest BCUT2D eigenvalue weighted by molar-refractivity contribution is 5.54. The van der Waals surface area contributed by atoms with E-state index in [0.29, 0.717) is 0 Å². The van der Waals surface area contributed by atoms with Crippen LogP contribution in [0.1, 0.15) is 11.1 Å². The average molecular weight is 293 g/mol. The van der Waals surface area contributed by atoms with Crippen LogP contribution in [0.2, 0.25) is 0 Å². The third-order valence-electron chi connectivity index (χ3n) is 4.84. The summed E-state index contributed by atoms with van der Waals surface area (Å²) in [5.74, 6) is 0. The van der Waals surface area contributed by atoms with Gasteiger partial charge in [0.2, 0.25) is 0 Å². The van der Waals surface area contributed by atoms with E-state index >= 15 is 0 Å². The van der Waals surface area contributed by atoms with E-state index in [9.17, 15) is 0 Å². The van der Waals surface area contributed by atoms with Crippen molar-refractivity contribution in [3.05, 3.63) is 59.7 Å². The zero-order chi connectivity index (χ0) is 14.8. The predicted octanol–water partition coefficient (Wildman–Crippen LogP) is 2.66. The van der Waals surface area contributed by atoms with E-state index in [-0.39, 0.29) is 0 Å². The van der Waals surface area contributed by atoms with Crippen LogP contribution in [0.4, 0.5) is 11.4 Å². The molecule has 0 radical (unpaired) electrons. The first-order chi connectivity index (χ1) is 10.9. The van der Waals surface area contributed by atoms with Crippen molar-refractivity contribution in [2.45, 2.75) is 13.0 Å². The van der Waals surface area contributed by atoms with Crippen molar-refractivity contribution in [1.29, 1.82) is 0 Å². The maximum absolute atomic E-state index is 3.44. The number of fused-ring (bicyclic) bond motifs is 1. The summed E-state index contributed by atoms with van der Waals surface area (Å²) in [5, 5.41) is 3.44. The molecule has 2 aromatic carbocycles. The number of nitrogens with one attached hydrogen (secondary N) is 1. The number of piperazine rings is 1. The normalized spacial score (nSPS) is 18.2. The molecule has 4 rings (SSSR count). The predicted molar refractivity (Wildman–Crippen MR) is 92.7 cm³/mol. The lowest BCUT2D eigenvalue weighted by Crippen LogP contribution is -2.46. The lowest BCUT2D eigenvalue weighted by molar-refractivity contribution is 0.637. The molecule has 0 unspecified atom stereocenters. The summed E-state index contributed by atoms with van der Waals surface area (Å²) >= 11 is 0. The molecule has 1 fully saturated rings. The van der Waals surface area contributed by atoms with Gasteiger partial charge in [-0.3, -0.25) is 0 Å². The maximum Gasteiger partial charge on any atom is 0.0370 e. The Morgan fingerprint density at radius 1 is 0.727 bits per heavy atom. The molecule has 3 heteroatoms. The SMILES string of the molecule is c1ccc(N2CCN(c3ccc4c(c3)CCNC4)CC2)cc1. The second-order valence-corrected chi connectivity index (χ2v) is 6.19. The molecule has 22 heavy (non-hydrogen) atoms. The number of nitrogens with zero attached hydrogens (tertiary/aromatic N) is 2. The van der Waals surface area contributed by atoms with E-state index in [1.54, 1.807) is 0 Å². The quantitative estimate of drug-likeness (QED) is 0.918. The van der Waals surface area contributed by atoms with Crippen LogP contribution >= 0.6 is 0 Å². The van der Waals surface area contributed by atoms with Gasteiger partial charge in [0.05, 0.1) is 0 Å². The van der Waals surface area contributed by atoms with Gasteiger partial charge in [-0.2, -0.15) is 0 Å². The van der Waals surface area contributed by atoms with Gasteiger partial charge in [-0.25, -0.2) is 0 Å². The molecule has 0 amide bonds. The van der Waals surface area contributed by atoms with E-state index in [1.165, 1.54) is 22.5 Å². The smallest absolute Gasteiger partial charge is 0.0370 e. The van der Waals surface area contributed by atoms with Crippen molar-refractivity contribution >= 4 is 11.4 Å². The fourth-order valence-electron chi connectivity index (χ4n) is 3.52. The molecular formula is C19H23N3. The molecule has 0 aliphatic carbocycles. The van der Waals surface area contributed by atoms with Gasteiger partial charge in [0, 0.05) is 44.1 Å². The minimum Gasteiger partial charge on any atom is -0.368 e. The molecule has 2 heterocycles. The minimum absolute atomic E-state index is 1.03. The summed E-state index contributed by atoms with van der Waals surface area (Å²) in [6.07, 6.45) is 1.16. The van der Waals surface area contributed by atoms with Gasteiger partial charge in [-0.15, -0.1) is 0 Å². The Balaban J connectivity index is 1.45. The van der Waals surface area contributed by atoms with Crippen molar-refractivity contribution in [2.75, 3.05) is 42.5 Å². The number of para-hydroxylation sites is 1. The molecule has 114 valence electrons. The fraction of sp³-hybridized carbons (Fsp3) is 0.368. The van der Waals surface area contributed by atoms with Crippen LogP contribution in [0, 0.1) is 0 Å². The summed E-state index contributed by atoms with van der Waals surface area (Å²) in [5.41, 5.74) is 5.74. The van der Waals surface area contributed by atoms with Gasteiger partial charge < -0.3 is 15.1 Å². The Kier molecular flexibility index (Phi) is 3.73. The van der Waals surface area contributed by atoms with Crippen LogP contribution in [0.25, 0.3) is 0 Å². The summed E-state index contributed by atoms with van der Waals surface area (Å²) in [6.45, 7) is 6.54. The number of rotatable bonds is 2. The summed E-state index contributed by atoms with van der Waals surface area (Å²) in [7, 11) is 0. The standard InChI is InChI=1S/C19H23N3/c1-2-4-18(5-3-1)21-10-12-22(13-11-21)19-7-6-17-15-20-9-8-16(17)14-19/h1-7,14,20H,8-13,15H2. The van der Waals surface area contributed by atoms with Crippen LogP contribution in [-0.4, -0.2) is 32.7 Å². The third-order valence-corrected chi connectivity index (χ3v) is 4.84. The molecule has 0 spiro atoms. The minimum atomic E-state index is 1.03. The number of benzene rings is 2. The first kappa shape index (κ1) is 13.6. The van der Waals surface area contributed by atoms with Gasteiger partial charge in [-0.1, -0.05) is 24.3 Å². The van der Waals surface area contributed by atoms with Gasteiger partial charge >= 0.3 is 0 Å². The van der Waals surface area contributed by atoms with Crippen molar-refractivity contribution in [3.8, 4) is 0 Å². The number of hydrogen-bond acceptors (Lipinski definition) is 3. The van der Waals surface area contributed by atoms with Crippen LogP contribution in [0.5, 0.6) is 0 Å². The molecule has 2 aliphatic heterocycles. The Morgan fingerprint density at radius 3 is 2.23 bits per heavy atom. The monoisotopic (exact) mass is 293 g/mol. The van der Waals surface area contributed by atoms with E-state index < -0.39 is 0 Å². The van der Waals surface area contributed by atoms with E-state index in [4.69, 9.17) is 0 Å². The van der Waals surface area contributed by atoms with Crippen LogP contribution < -0.4 is 15.1 Å². The van der Waals surface area contributed by atoms with Crippen molar-refractivity contribution in [2.24, 2.45) is 0 Å². The number of hydrogen-bond donors (Lipinski definition) is 1. The second-order valence-electron chi connectivity index (χ2n) is 6.19. The molecular weight excluding hydrogens is 270 g/mol. The van der Waals surface area contributed by atoms with Crippen LogP contribution in [-0.2, 0) is 13.0 Å². The van der Waals surface area contributed by atoms with Gasteiger partial charge in [0.1, 0.15) is 0 Å². The van der Waals surface area contributed by atoms with Crippen LogP contribution in [0.3, 0.4) is 0 Å². The van der Waals surface area contributed by atoms with Gasteiger partial charge in [-0.05, 0) is 48.4 Å². The molecule has 0 bridgehead atoms. The third kappa shape index (κ3) is 2.69. The molecule has 2 aliphatic rings. The first-order valence-corrected chi connectivity index (χ1v) is 8.28. The largest absolute Gasteiger partial charge is 0.368 e. The van der Waals surface area contributed by atoms with Gasteiger partial charge in [0.15, 0.2) is 0 Å². The highest BCUT2D eigenvalue weighted by atomic mass is 15.3. The fourth-order valence-corrected chi connectivity index (χ4v) is 3.52. The first-order valence-electron chi connectivity index (χ1n) is 8.28. The van der Waals surface area contributed by atoms with Crippen molar-refractivity contribution in [3.63, 3.8) is 0 Å². The summed E-state index contributed by atoms with van der Waals surface area (Å²) in [4.78, 5) is 5.01. The van der Waals surface area contributed by atoms with Gasteiger partial charge in [0.25, 0.3) is 0 Å². The maximum atomic E-state index is 3.44. The van der Waals surface area contributed by atoms with Crippen LogP contribution in [0.15, 0.2) is 48.5 Å². The molecule has 0 saturated carbocycles. The summed E-state index contributed by atoms with van der Waals surface area (Å²) < 4.78 is 0. The van der Waals surface area contributed by atoms with E-state index in [2.05, 4.69) is 63.6 Å². The lowest BCUT2D eigenvalue weighted by atomic mass is 10.00. The second kappa shape index (κ2) is 6.01. The number of anilines is 2. The summed E-state index contributed by atoms with van der Waals surface area (Å²) in [6, 6.07) is 17.8. The zero-order valence-electron chi connectivity index (χ0n) is 13.0. The Morgan fingerprint density at radius 2 is 1.45 bits per heavy atom. The highest BCUT2D eigenvalue weighted by Crippen LogP contribution is 2.24. The molecule has 0 atom stereocenters. The molecule has 3 nitrogen and oxygen atoms in total. The van der Waals surface area contributed by atoms with E-state index in [1.807, 2.05) is 0 Å². The average Bonchev–Trinajstić information content (AvgIpc) is 2.62. The molecule has 2 aromatic rings. The lowest BCUT2D eigenvalue weighted by Gasteiger charge is -2.37. The zero-order valence-corrected chi connectivity index (χ0v) is 13.0.